The molecule has 480 valence electrons. The molecule has 0 spiro atoms. The molecule has 40 heteroatoms. The molecule has 0 aliphatic rings. The molecule has 0 aromatic rings. The summed E-state index contributed by atoms with van der Waals surface area (Å²) in [7, 11) is 45.5. The fourth-order valence-corrected chi connectivity index (χ4v) is 4.07. The third-order valence-corrected chi connectivity index (χ3v) is 6.51. The smallest absolute Gasteiger partial charge is 0.443 e. The van der Waals surface area contributed by atoms with Crippen LogP contribution >= 0.6 is 0 Å². The number of halogens is 4. The zero-order valence-corrected chi connectivity index (χ0v) is 53.9. The molecule has 0 aliphatic heterocycles. The Kier molecular flexibility index (Phi) is 98.7. The third-order valence-electron chi connectivity index (χ3n) is 6.51. The van der Waals surface area contributed by atoms with E-state index in [9.17, 15) is 17.3 Å². The minimum absolute atomic E-state index is 0.769. The van der Waals surface area contributed by atoms with Gasteiger partial charge in [-0.25, -0.2) is 79.1 Å². The Morgan fingerprint density at radius 2 is 0.275 bits per heavy atom. The van der Waals surface area contributed by atoms with E-state index in [2.05, 4.69) is 42.5 Å². The van der Waals surface area contributed by atoms with E-state index in [0.29, 0.717) is 0 Å². The summed E-state index contributed by atoms with van der Waals surface area (Å²) in [4.78, 5) is 0. The van der Waals surface area contributed by atoms with Gasteiger partial charge in [0.1, 0.15) is 29.6 Å². The highest BCUT2D eigenvalue weighted by atomic mass is 19.1. The maximum atomic E-state index is 9.89. The number of hydrogen-bond acceptors (Lipinski definition) is 16. The molecule has 0 radical (unpaired) electrons. The maximum absolute atomic E-state index is 9.89. The maximum Gasteiger partial charge on any atom is 0.443 e. The second-order valence-corrected chi connectivity index (χ2v) is 14.3. The molecule has 0 heterocycles. The normalized spacial score (nSPS) is 7.75. The van der Waals surface area contributed by atoms with Crippen molar-refractivity contribution in [2.45, 2.75) is 0 Å². The van der Waals surface area contributed by atoms with Crippen LogP contribution in [-0.2, 0) is 37.9 Å². The zero-order chi connectivity index (χ0) is 66.9. The van der Waals surface area contributed by atoms with Crippen molar-refractivity contribution >= 4 is 77.8 Å². The molecule has 0 aromatic carbocycles. The molecule has 8 N–H and O–H groups in total. The van der Waals surface area contributed by atoms with Crippen molar-refractivity contribution in [3.8, 4) is 0 Å². The molecule has 0 aliphatic carbocycles. The van der Waals surface area contributed by atoms with Crippen LogP contribution in [0.5, 0.6) is 0 Å². The van der Waals surface area contributed by atoms with Crippen molar-refractivity contribution in [1.82, 2.24) is 42.5 Å². The predicted octanol–water partition coefficient (Wildman–Crippen LogP) is -13.5. The van der Waals surface area contributed by atoms with Gasteiger partial charge in [-0.1, -0.05) is 0 Å². The fourth-order valence-electron chi connectivity index (χ4n) is 4.07. The summed E-state index contributed by atoms with van der Waals surface area (Å²) in [6.45, 7) is 0. The van der Waals surface area contributed by atoms with E-state index in [1.807, 2.05) is 206 Å². The largest absolute Gasteiger partial charge is 0.867 e. The quantitative estimate of drug-likeness (QED) is 0.0367. The Bertz CT molecular complexity index is 1240. The van der Waals surface area contributed by atoms with Gasteiger partial charge in [0.2, 0.25) is 0 Å². The molecule has 0 saturated carbocycles. The summed E-state index contributed by atoms with van der Waals surface area (Å²) >= 11 is 0. The lowest BCUT2D eigenvalue weighted by molar-refractivity contribution is -0.476. The third kappa shape index (κ3) is 108. The number of rotatable bonds is 0. The van der Waals surface area contributed by atoms with Crippen molar-refractivity contribution < 1.29 is 132 Å². The van der Waals surface area contributed by atoms with Crippen LogP contribution in [0.15, 0.2) is 0 Å². The predicted molar refractivity (Wildman–Crippen MR) is 293 cm³/mol. The van der Waals surface area contributed by atoms with E-state index in [0.717, 1.165) is 48.2 Å². The van der Waals surface area contributed by atoms with Gasteiger partial charge in [-0.05, 0) is 0 Å². The lowest BCUT2D eigenvalue weighted by Gasteiger charge is -2.09. The number of amidine groups is 8. The first-order valence-electron chi connectivity index (χ1n) is 22.6. The first-order valence-corrected chi connectivity index (χ1v) is 22.6. The molecule has 0 unspecified atom stereocenters. The summed E-state index contributed by atoms with van der Waals surface area (Å²) in [5, 5.41) is 89.4. The summed E-state index contributed by atoms with van der Waals surface area (Å²) in [5.41, 5.74) is 0. The van der Waals surface area contributed by atoms with Gasteiger partial charge in [0.25, 0.3) is 0 Å². The Hall–Kier alpha value is -6.18. The van der Waals surface area contributed by atoms with Crippen LogP contribution < -0.4 is 82.7 Å². The van der Waals surface area contributed by atoms with Gasteiger partial charge in [-0.3, -0.25) is 0 Å². The number of methoxy groups -OCH3 is 8. The van der Waals surface area contributed by atoms with Crippen LogP contribution in [0.25, 0.3) is 0 Å². The highest BCUT2D eigenvalue weighted by Gasteiger charge is 2.04. The van der Waals surface area contributed by atoms with E-state index in [-0.39, 0.29) is 0 Å². The van der Waals surface area contributed by atoms with Gasteiger partial charge in [0.15, 0.2) is 0 Å². The van der Waals surface area contributed by atoms with Crippen LogP contribution in [0.1, 0.15) is 0 Å². The molecule has 0 rings (SSSR count). The van der Waals surface area contributed by atoms with Gasteiger partial charge in [0.05, 0.1) is 226 Å². The van der Waals surface area contributed by atoms with Gasteiger partial charge in [-0.2, -0.15) is 0 Å². The second kappa shape index (κ2) is 77.1. The number of hydrogen-bond donors (Lipinski definition) is 8. The number of nitrogens with zero attached hydrogens (tertiary/aromatic N) is 8. The average Bonchev–Trinajstić information content (AvgIpc) is 3.32. The van der Waals surface area contributed by atoms with Gasteiger partial charge in [-0.15, -0.1) is 0 Å². The van der Waals surface area contributed by atoms with Crippen LogP contribution in [0.3, 0.4) is 0 Å². The lowest BCUT2D eigenvalue weighted by atomic mass is 10.3. The standard InChI is InChI=1S/8C5H12N2O.4BFO2/c8*1-6-5(8-4)7(2)3;4*2-1(3)4/h8*1-4H3;;;;/q;;;;;;;;4*-2/p+8. The summed E-state index contributed by atoms with van der Waals surface area (Å²) in [5.74, 6) is 0. The van der Waals surface area contributed by atoms with E-state index in [1.54, 1.807) is 56.9 Å². The van der Waals surface area contributed by atoms with Crippen molar-refractivity contribution in [1.29, 1.82) is 0 Å². The Morgan fingerprint density at radius 3 is 0.275 bits per heavy atom. The molecule has 0 bridgehead atoms. The highest BCUT2D eigenvalue weighted by molar-refractivity contribution is 6.27. The molecule has 0 fully saturated rings. The SMILES string of the molecule is CNC(OC)=[N+](C)C.CNC(OC)=[N+](C)C.CNC(OC)=[N+](C)C.CNC(OC)=[N+](C)C.CNC(OC)=[N+](C)C.CNC(OC)=[N+](C)C.CNC(OC)=[N+](C)C.CNC(OC)=[N+](C)C.[O-]B([O-])F.[O-]B([O-])F.[O-]B([O-])F.[O-]B([O-])F. The van der Waals surface area contributed by atoms with E-state index in [1.165, 1.54) is 0 Å². The molecule has 80 heavy (non-hydrogen) atoms. The van der Waals surface area contributed by atoms with Crippen molar-refractivity contribution in [2.24, 2.45) is 0 Å². The van der Waals surface area contributed by atoms with Crippen LogP contribution in [0.4, 0.5) is 17.3 Å². The number of ether oxygens (including phenoxy) is 8. The molecule has 0 atom stereocenters. The molecule has 0 aromatic heterocycles. The summed E-state index contributed by atoms with van der Waals surface area (Å²) < 4.78 is 93.6. The lowest BCUT2D eigenvalue weighted by Crippen LogP contribution is -2.39. The first-order chi connectivity index (χ1) is 36.7. The van der Waals surface area contributed by atoms with E-state index in [4.69, 9.17) is 78.1 Å². The van der Waals surface area contributed by atoms with Gasteiger partial charge >= 0.3 is 48.2 Å². The van der Waals surface area contributed by atoms with Crippen LogP contribution in [-0.4, -0.2) is 340 Å². The second-order valence-electron chi connectivity index (χ2n) is 14.3. The van der Waals surface area contributed by atoms with Crippen molar-refractivity contribution in [2.75, 3.05) is 226 Å². The minimum atomic E-state index is -3.17. The van der Waals surface area contributed by atoms with Gasteiger partial charge < -0.3 is 95.3 Å². The van der Waals surface area contributed by atoms with Crippen molar-refractivity contribution in [3.63, 3.8) is 0 Å². The van der Waals surface area contributed by atoms with E-state index < -0.39 is 29.6 Å². The molecule has 0 saturated heterocycles. The molecular weight excluding hydrogens is 1080 g/mol. The molecule has 0 amide bonds. The summed E-state index contributed by atoms with van der Waals surface area (Å²) in [6, 6.07) is 6.15. The Balaban J connectivity index is -0.0000000636. The highest BCUT2D eigenvalue weighted by Crippen LogP contribution is 1.71. The number of nitrogens with one attached hydrogen (secondary N) is 8. The fraction of sp³-hybridized carbons (Fsp3) is 0.800. The Labute approximate surface area is 477 Å². The average molecular weight is 1180 g/mol. The van der Waals surface area contributed by atoms with Crippen molar-refractivity contribution in [3.05, 3.63) is 0 Å². The Morgan fingerprint density at radius 1 is 0.225 bits per heavy atom. The molecular formula is C40H104B4F4N16O16. The summed E-state index contributed by atoms with van der Waals surface area (Å²) in [6.07, 6.45) is 0. The first kappa shape index (κ1) is 102. The topological polar surface area (TPSA) is 379 Å². The minimum Gasteiger partial charge on any atom is -0.867 e. The van der Waals surface area contributed by atoms with Crippen LogP contribution in [0, 0.1) is 0 Å². The van der Waals surface area contributed by atoms with Crippen LogP contribution in [0.2, 0.25) is 0 Å². The molecule has 32 nitrogen and oxygen atoms in total. The monoisotopic (exact) mass is 1180 g/mol. The van der Waals surface area contributed by atoms with Gasteiger partial charge in [0, 0.05) is 0 Å². The van der Waals surface area contributed by atoms with E-state index >= 15 is 0 Å². The zero-order valence-electron chi connectivity index (χ0n) is 53.9.